The Kier molecular flexibility index (Phi) is 4.20. The third kappa shape index (κ3) is 3.07. The van der Waals surface area contributed by atoms with Gasteiger partial charge < -0.3 is 4.90 Å². The molecule has 4 rings (SSSR count). The van der Waals surface area contributed by atoms with Gasteiger partial charge >= 0.3 is 0 Å². The number of aromatic nitrogens is 3. The van der Waals surface area contributed by atoms with E-state index in [1.807, 2.05) is 27.8 Å². The molecule has 0 saturated heterocycles. The fraction of sp³-hybridized carbons (Fsp3) is 0.200. The van der Waals surface area contributed by atoms with Crippen LogP contribution in [0.1, 0.15) is 28.0 Å². The molecule has 0 radical (unpaired) electrons. The molecule has 6 heteroatoms. The smallest absolute Gasteiger partial charge is 0.254 e. The predicted molar refractivity (Wildman–Crippen MR) is 96.0 cm³/mol. The van der Waals surface area contributed by atoms with Gasteiger partial charge in [-0.05, 0) is 42.8 Å². The first kappa shape index (κ1) is 16.0. The molecule has 1 aliphatic heterocycles. The van der Waals surface area contributed by atoms with Crippen molar-refractivity contribution in [1.29, 1.82) is 5.26 Å². The highest BCUT2D eigenvalue weighted by atomic mass is 16.2. The first-order valence-electron chi connectivity index (χ1n) is 8.51. The molecule has 6 nitrogen and oxygen atoms in total. The maximum Gasteiger partial charge on any atom is 0.254 e. The zero-order valence-electron chi connectivity index (χ0n) is 14.2. The second-order valence-electron chi connectivity index (χ2n) is 6.25. The summed E-state index contributed by atoms with van der Waals surface area (Å²) in [5, 5.41) is 13.7. The summed E-state index contributed by atoms with van der Waals surface area (Å²) in [5.74, 6) is -0.0535. The highest BCUT2D eigenvalue weighted by Gasteiger charge is 2.22. The Morgan fingerprint density at radius 3 is 2.77 bits per heavy atom. The Labute approximate surface area is 151 Å². The Bertz CT molecular complexity index is 987. The van der Waals surface area contributed by atoms with Crippen molar-refractivity contribution in [3.8, 4) is 17.3 Å². The number of nitrogens with zero attached hydrogens (tertiary/aromatic N) is 5. The lowest BCUT2D eigenvalue weighted by molar-refractivity contribution is 0.0745. The van der Waals surface area contributed by atoms with E-state index in [0.29, 0.717) is 24.2 Å². The predicted octanol–water partition coefficient (Wildman–Crippen LogP) is 2.86. The summed E-state index contributed by atoms with van der Waals surface area (Å²) in [4.78, 5) is 18.8. The van der Waals surface area contributed by atoms with Gasteiger partial charge in [0.25, 0.3) is 5.91 Å². The van der Waals surface area contributed by atoms with Gasteiger partial charge in [-0.25, -0.2) is 0 Å². The molecule has 0 bridgehead atoms. The van der Waals surface area contributed by atoms with Gasteiger partial charge in [0.15, 0.2) is 0 Å². The number of hydrogen-bond acceptors (Lipinski definition) is 4. The molecule has 0 N–H and O–H groups in total. The van der Waals surface area contributed by atoms with Crippen LogP contribution in [0.2, 0.25) is 0 Å². The minimum Gasteiger partial charge on any atom is -0.333 e. The lowest BCUT2D eigenvalue weighted by atomic mass is 10.1. The summed E-state index contributed by atoms with van der Waals surface area (Å²) in [5.41, 5.74) is 3.96. The number of pyridine rings is 1. The van der Waals surface area contributed by atoms with E-state index >= 15 is 0 Å². The number of hydrogen-bond donors (Lipinski definition) is 0. The average molecular weight is 343 g/mol. The number of nitriles is 1. The van der Waals surface area contributed by atoms with Crippen LogP contribution in [0.3, 0.4) is 0 Å². The number of benzene rings is 1. The number of fused-ring (bicyclic) bond motifs is 1. The molecule has 1 amide bonds. The van der Waals surface area contributed by atoms with Gasteiger partial charge in [-0.2, -0.15) is 10.4 Å². The van der Waals surface area contributed by atoms with Gasteiger partial charge in [0, 0.05) is 36.6 Å². The molecule has 3 heterocycles. The summed E-state index contributed by atoms with van der Waals surface area (Å²) in [7, 11) is 0. The van der Waals surface area contributed by atoms with E-state index in [1.54, 1.807) is 36.7 Å². The summed E-state index contributed by atoms with van der Waals surface area (Å²) < 4.78 is 1.98. The van der Waals surface area contributed by atoms with E-state index in [2.05, 4.69) is 16.2 Å². The van der Waals surface area contributed by atoms with Crippen LogP contribution in [0.15, 0.2) is 54.9 Å². The van der Waals surface area contributed by atoms with Crippen molar-refractivity contribution in [2.45, 2.75) is 19.5 Å². The van der Waals surface area contributed by atoms with Crippen molar-refractivity contribution in [2.24, 2.45) is 0 Å². The van der Waals surface area contributed by atoms with E-state index in [1.165, 1.54) is 0 Å². The molecular weight excluding hydrogens is 326 g/mol. The third-order valence-electron chi connectivity index (χ3n) is 4.52. The van der Waals surface area contributed by atoms with Crippen LogP contribution >= 0.6 is 0 Å². The van der Waals surface area contributed by atoms with Gasteiger partial charge in [0.05, 0.1) is 29.6 Å². The molecule has 0 fully saturated rings. The molecule has 0 saturated carbocycles. The van der Waals surface area contributed by atoms with Crippen molar-refractivity contribution in [2.75, 3.05) is 6.54 Å². The Morgan fingerprint density at radius 2 is 1.96 bits per heavy atom. The second-order valence-corrected chi connectivity index (χ2v) is 6.25. The highest BCUT2D eigenvalue weighted by molar-refractivity contribution is 5.94. The van der Waals surface area contributed by atoms with Crippen LogP contribution in [-0.2, 0) is 13.1 Å². The molecule has 0 atom stereocenters. The van der Waals surface area contributed by atoms with E-state index < -0.39 is 0 Å². The van der Waals surface area contributed by atoms with Crippen LogP contribution in [0, 0.1) is 11.3 Å². The highest BCUT2D eigenvalue weighted by Crippen LogP contribution is 2.22. The average Bonchev–Trinajstić information content (AvgIpc) is 2.99. The van der Waals surface area contributed by atoms with Crippen molar-refractivity contribution in [1.82, 2.24) is 19.7 Å². The largest absolute Gasteiger partial charge is 0.333 e. The molecule has 3 aromatic rings. The fourth-order valence-corrected chi connectivity index (χ4v) is 3.20. The first-order valence-corrected chi connectivity index (χ1v) is 8.51. The molecule has 1 aromatic carbocycles. The molecule has 128 valence electrons. The summed E-state index contributed by atoms with van der Waals surface area (Å²) in [6, 6.07) is 14.8. The van der Waals surface area contributed by atoms with Crippen LogP contribution in [0.4, 0.5) is 0 Å². The van der Waals surface area contributed by atoms with Crippen LogP contribution < -0.4 is 0 Å². The van der Waals surface area contributed by atoms with Crippen molar-refractivity contribution >= 4 is 5.91 Å². The number of carbonyl (C=O) groups is 1. The second kappa shape index (κ2) is 6.81. The zero-order valence-corrected chi connectivity index (χ0v) is 14.2. The van der Waals surface area contributed by atoms with Crippen molar-refractivity contribution in [3.05, 3.63) is 71.7 Å². The molecular formula is C20H17N5O. The normalized spacial score (nSPS) is 13.6. The molecule has 26 heavy (non-hydrogen) atoms. The molecule has 0 unspecified atom stereocenters. The summed E-state index contributed by atoms with van der Waals surface area (Å²) >= 11 is 0. The number of amides is 1. The molecule has 2 aromatic heterocycles. The first-order chi connectivity index (χ1) is 12.7. The van der Waals surface area contributed by atoms with Crippen LogP contribution in [0.25, 0.3) is 11.3 Å². The number of rotatable bonds is 2. The SMILES string of the molecule is N#Cc1cccc(C(=O)N2CCCn3nc(-c4ccncc4)cc3C2)c1. The maximum atomic E-state index is 12.9. The standard InChI is InChI=1S/C20H17N5O/c21-13-15-3-1-4-17(11-15)20(26)24-9-2-10-25-18(14-24)12-19(23-25)16-5-7-22-8-6-16/h1,3-8,11-12H,2,9-10,14H2. The van der Waals surface area contributed by atoms with E-state index in [-0.39, 0.29) is 5.91 Å². The Morgan fingerprint density at radius 1 is 1.12 bits per heavy atom. The lowest BCUT2D eigenvalue weighted by Gasteiger charge is -2.20. The van der Waals surface area contributed by atoms with Crippen molar-refractivity contribution in [3.63, 3.8) is 0 Å². The van der Waals surface area contributed by atoms with Gasteiger partial charge in [-0.3, -0.25) is 14.5 Å². The van der Waals surface area contributed by atoms with Gasteiger partial charge in [-0.1, -0.05) is 6.07 Å². The van der Waals surface area contributed by atoms with Crippen LogP contribution in [-0.4, -0.2) is 32.1 Å². The maximum absolute atomic E-state index is 12.9. The third-order valence-corrected chi connectivity index (χ3v) is 4.52. The van der Waals surface area contributed by atoms with Gasteiger partial charge in [-0.15, -0.1) is 0 Å². The molecule has 0 aliphatic carbocycles. The number of aryl methyl sites for hydroxylation is 1. The van der Waals surface area contributed by atoms with E-state index in [0.717, 1.165) is 29.9 Å². The summed E-state index contributed by atoms with van der Waals surface area (Å²) in [6.45, 7) is 1.96. The minimum absolute atomic E-state index is 0.0535. The Balaban J connectivity index is 1.60. The topological polar surface area (TPSA) is 74.8 Å². The summed E-state index contributed by atoms with van der Waals surface area (Å²) in [6.07, 6.45) is 4.34. The molecule has 1 aliphatic rings. The minimum atomic E-state index is -0.0535. The zero-order chi connectivity index (χ0) is 17.9. The quantitative estimate of drug-likeness (QED) is 0.717. The Hall–Kier alpha value is -3.46. The van der Waals surface area contributed by atoms with Crippen molar-refractivity contribution < 1.29 is 4.79 Å². The van der Waals surface area contributed by atoms with Crippen LogP contribution in [0.5, 0.6) is 0 Å². The molecule has 0 spiro atoms. The van der Waals surface area contributed by atoms with Gasteiger partial charge in [0.1, 0.15) is 0 Å². The van der Waals surface area contributed by atoms with E-state index in [9.17, 15) is 4.79 Å². The monoisotopic (exact) mass is 343 g/mol. The van der Waals surface area contributed by atoms with Gasteiger partial charge in [0.2, 0.25) is 0 Å². The number of carbonyl (C=O) groups excluding carboxylic acids is 1. The van der Waals surface area contributed by atoms with E-state index in [4.69, 9.17) is 5.26 Å². The fourth-order valence-electron chi connectivity index (χ4n) is 3.20. The lowest BCUT2D eigenvalue weighted by Crippen LogP contribution is -2.30.